The fourth-order valence-corrected chi connectivity index (χ4v) is 1.18. The third-order valence-corrected chi connectivity index (χ3v) is 2.19. The van der Waals surface area contributed by atoms with E-state index in [4.69, 9.17) is 5.11 Å². The lowest BCUT2D eigenvalue weighted by molar-refractivity contribution is -0.139. The molecule has 0 aliphatic rings. The quantitative estimate of drug-likeness (QED) is 0.796. The molecule has 5 nitrogen and oxygen atoms in total. The zero-order valence-electron chi connectivity index (χ0n) is 9.23. The first-order valence-electron chi connectivity index (χ1n) is 5.01. The lowest BCUT2D eigenvalue weighted by Gasteiger charge is -2.11. The summed E-state index contributed by atoms with van der Waals surface area (Å²) in [7, 11) is 0. The number of aromatic nitrogens is 1. The molecule has 0 saturated heterocycles. The van der Waals surface area contributed by atoms with E-state index in [0.29, 0.717) is 12.0 Å². The van der Waals surface area contributed by atoms with Crippen molar-refractivity contribution >= 4 is 11.9 Å². The highest BCUT2D eigenvalue weighted by molar-refractivity contribution is 5.96. The second-order valence-corrected chi connectivity index (χ2v) is 3.46. The largest absolute Gasteiger partial charge is 0.480 e. The first kappa shape index (κ1) is 12.2. The topological polar surface area (TPSA) is 79.3 Å². The van der Waals surface area contributed by atoms with Gasteiger partial charge < -0.3 is 10.4 Å². The molecule has 1 atom stereocenters. The van der Waals surface area contributed by atoms with E-state index in [0.717, 1.165) is 5.69 Å². The van der Waals surface area contributed by atoms with Crippen molar-refractivity contribution in [3.8, 4) is 0 Å². The van der Waals surface area contributed by atoms with Gasteiger partial charge in [-0.3, -0.25) is 9.78 Å². The van der Waals surface area contributed by atoms with Crippen molar-refractivity contribution in [2.75, 3.05) is 0 Å². The van der Waals surface area contributed by atoms with Crippen molar-refractivity contribution < 1.29 is 14.7 Å². The van der Waals surface area contributed by atoms with Crippen LogP contribution in [0.1, 0.15) is 29.4 Å². The van der Waals surface area contributed by atoms with Crippen molar-refractivity contribution in [3.05, 3.63) is 29.6 Å². The molecule has 0 radical (unpaired) electrons. The monoisotopic (exact) mass is 222 g/mol. The molecule has 1 amide bonds. The molecule has 0 fully saturated rings. The average Bonchev–Trinajstić information content (AvgIpc) is 2.26. The fourth-order valence-electron chi connectivity index (χ4n) is 1.18. The van der Waals surface area contributed by atoms with E-state index in [9.17, 15) is 9.59 Å². The molecule has 86 valence electrons. The number of carbonyl (C=O) groups is 2. The van der Waals surface area contributed by atoms with E-state index in [1.165, 1.54) is 6.20 Å². The maximum absolute atomic E-state index is 11.6. The summed E-state index contributed by atoms with van der Waals surface area (Å²) in [5, 5.41) is 11.2. The van der Waals surface area contributed by atoms with Gasteiger partial charge in [0.1, 0.15) is 6.04 Å². The molecule has 1 aromatic rings. The lowest BCUT2D eigenvalue weighted by atomic mass is 10.2. The maximum Gasteiger partial charge on any atom is 0.326 e. The standard InChI is InChI=1S/C11H14N2O3/c1-3-9(11(15)16)13-10(14)8-5-4-7(2)12-6-8/h4-6,9H,3H2,1-2H3,(H,13,14)(H,15,16)/t9-/m0/s1. The van der Waals surface area contributed by atoms with Gasteiger partial charge in [0.15, 0.2) is 0 Å². The van der Waals surface area contributed by atoms with Gasteiger partial charge in [-0.25, -0.2) is 4.79 Å². The smallest absolute Gasteiger partial charge is 0.326 e. The van der Waals surface area contributed by atoms with Gasteiger partial charge in [-0.05, 0) is 25.5 Å². The van der Waals surface area contributed by atoms with Gasteiger partial charge in [-0.2, -0.15) is 0 Å². The van der Waals surface area contributed by atoms with Crippen LogP contribution in [0.15, 0.2) is 18.3 Å². The van der Waals surface area contributed by atoms with Crippen molar-refractivity contribution in [2.45, 2.75) is 26.3 Å². The van der Waals surface area contributed by atoms with Gasteiger partial charge in [0.25, 0.3) is 5.91 Å². The van der Waals surface area contributed by atoms with Gasteiger partial charge in [0.2, 0.25) is 0 Å². The Labute approximate surface area is 93.5 Å². The Morgan fingerprint density at radius 1 is 1.50 bits per heavy atom. The summed E-state index contributed by atoms with van der Waals surface area (Å²) >= 11 is 0. The molecule has 0 aromatic carbocycles. The van der Waals surface area contributed by atoms with Crippen molar-refractivity contribution in [3.63, 3.8) is 0 Å². The summed E-state index contributed by atoms with van der Waals surface area (Å²) in [6.45, 7) is 3.51. The molecule has 1 aromatic heterocycles. The highest BCUT2D eigenvalue weighted by atomic mass is 16.4. The Bertz CT molecular complexity index is 387. The molecule has 0 bridgehead atoms. The van der Waals surface area contributed by atoms with Crippen LogP contribution in [-0.2, 0) is 4.79 Å². The molecule has 16 heavy (non-hydrogen) atoms. The van der Waals surface area contributed by atoms with E-state index in [1.54, 1.807) is 19.1 Å². The number of amides is 1. The van der Waals surface area contributed by atoms with E-state index in [2.05, 4.69) is 10.3 Å². The number of nitrogens with one attached hydrogen (secondary N) is 1. The Kier molecular flexibility index (Phi) is 3.99. The molecule has 1 heterocycles. The molecule has 0 spiro atoms. The van der Waals surface area contributed by atoms with Crippen LogP contribution in [0, 0.1) is 6.92 Å². The summed E-state index contributed by atoms with van der Waals surface area (Å²) in [6.07, 6.45) is 1.78. The lowest BCUT2D eigenvalue weighted by Crippen LogP contribution is -2.40. The van der Waals surface area contributed by atoms with Crippen molar-refractivity contribution in [2.24, 2.45) is 0 Å². The van der Waals surface area contributed by atoms with Crippen LogP contribution >= 0.6 is 0 Å². The molecule has 5 heteroatoms. The second kappa shape index (κ2) is 5.25. The average molecular weight is 222 g/mol. The minimum atomic E-state index is -1.03. The Morgan fingerprint density at radius 3 is 2.62 bits per heavy atom. The molecule has 0 aliphatic heterocycles. The molecular weight excluding hydrogens is 208 g/mol. The zero-order valence-corrected chi connectivity index (χ0v) is 9.23. The third kappa shape index (κ3) is 3.05. The number of carboxylic acid groups (broad SMARTS) is 1. The molecule has 0 unspecified atom stereocenters. The summed E-state index contributed by atoms with van der Waals surface area (Å²) in [5.74, 6) is -1.45. The summed E-state index contributed by atoms with van der Waals surface area (Å²) in [4.78, 5) is 26.3. The highest BCUT2D eigenvalue weighted by Gasteiger charge is 2.18. The number of rotatable bonds is 4. The number of carboxylic acids is 1. The molecule has 1 rings (SSSR count). The first-order valence-corrected chi connectivity index (χ1v) is 5.01. The van der Waals surface area contributed by atoms with Gasteiger partial charge >= 0.3 is 5.97 Å². The maximum atomic E-state index is 11.6. The minimum Gasteiger partial charge on any atom is -0.480 e. The Morgan fingerprint density at radius 2 is 2.19 bits per heavy atom. The number of carbonyl (C=O) groups excluding carboxylic acids is 1. The fraction of sp³-hybridized carbons (Fsp3) is 0.364. The number of hydrogen-bond acceptors (Lipinski definition) is 3. The summed E-state index contributed by atoms with van der Waals surface area (Å²) in [6, 6.07) is 2.47. The van der Waals surface area contributed by atoms with Crippen LogP contribution in [0.3, 0.4) is 0 Å². The third-order valence-electron chi connectivity index (χ3n) is 2.19. The minimum absolute atomic E-state index is 0.348. The van der Waals surface area contributed by atoms with Crippen LogP contribution in [0.5, 0.6) is 0 Å². The molecule has 2 N–H and O–H groups in total. The highest BCUT2D eigenvalue weighted by Crippen LogP contribution is 2.01. The van der Waals surface area contributed by atoms with Gasteiger partial charge in [0, 0.05) is 11.9 Å². The predicted octanol–water partition coefficient (Wildman–Crippen LogP) is 0.983. The van der Waals surface area contributed by atoms with E-state index >= 15 is 0 Å². The zero-order chi connectivity index (χ0) is 12.1. The number of aliphatic carboxylic acids is 1. The van der Waals surface area contributed by atoms with E-state index < -0.39 is 17.9 Å². The van der Waals surface area contributed by atoms with Crippen molar-refractivity contribution in [1.29, 1.82) is 0 Å². The molecule has 0 saturated carbocycles. The molecule has 0 aliphatic carbocycles. The van der Waals surface area contributed by atoms with E-state index in [1.807, 2.05) is 6.92 Å². The normalized spacial score (nSPS) is 11.9. The number of pyridine rings is 1. The Hall–Kier alpha value is -1.91. The van der Waals surface area contributed by atoms with E-state index in [-0.39, 0.29) is 0 Å². The SMILES string of the molecule is CC[C@H](NC(=O)c1ccc(C)nc1)C(=O)O. The predicted molar refractivity (Wildman–Crippen MR) is 58.2 cm³/mol. The van der Waals surface area contributed by atoms with Gasteiger partial charge in [-0.15, -0.1) is 0 Å². The number of nitrogens with zero attached hydrogens (tertiary/aromatic N) is 1. The van der Waals surface area contributed by atoms with Crippen LogP contribution in [-0.4, -0.2) is 28.0 Å². The number of hydrogen-bond donors (Lipinski definition) is 2. The van der Waals surface area contributed by atoms with Crippen molar-refractivity contribution in [1.82, 2.24) is 10.3 Å². The first-order chi connectivity index (χ1) is 7.54. The second-order valence-electron chi connectivity index (χ2n) is 3.46. The Balaban J connectivity index is 2.71. The van der Waals surface area contributed by atoms with Crippen LogP contribution in [0.2, 0.25) is 0 Å². The molecular formula is C11H14N2O3. The summed E-state index contributed by atoms with van der Waals surface area (Å²) in [5.41, 5.74) is 1.17. The van der Waals surface area contributed by atoms with Crippen LogP contribution < -0.4 is 5.32 Å². The van der Waals surface area contributed by atoms with Gasteiger partial charge in [0.05, 0.1) is 5.56 Å². The van der Waals surface area contributed by atoms with Gasteiger partial charge in [-0.1, -0.05) is 6.92 Å². The number of aryl methyl sites for hydroxylation is 1. The van der Waals surface area contributed by atoms with Crippen LogP contribution in [0.4, 0.5) is 0 Å². The summed E-state index contributed by atoms with van der Waals surface area (Å²) < 4.78 is 0. The van der Waals surface area contributed by atoms with Crippen LogP contribution in [0.25, 0.3) is 0 Å².